The number of rotatable bonds is 13. The van der Waals surface area contributed by atoms with Gasteiger partial charge in [-0.1, -0.05) is 39.0 Å². The maximum atomic E-state index is 10.6. The van der Waals surface area contributed by atoms with E-state index in [1.54, 1.807) is 14.2 Å². The van der Waals surface area contributed by atoms with E-state index < -0.39 is 6.10 Å². The Balaban J connectivity index is 2.03. The molecular weight excluding hydrogens is 430 g/mol. The molecule has 184 valence electrons. The molecule has 3 rings (SSSR count). The van der Waals surface area contributed by atoms with Gasteiger partial charge in [0.15, 0.2) is 0 Å². The maximum absolute atomic E-state index is 10.6. The van der Waals surface area contributed by atoms with E-state index in [2.05, 4.69) is 11.8 Å². The van der Waals surface area contributed by atoms with Gasteiger partial charge >= 0.3 is 0 Å². The molecular formula is C27H37N3O4. The zero-order valence-electron chi connectivity index (χ0n) is 20.9. The van der Waals surface area contributed by atoms with Crippen molar-refractivity contribution in [2.24, 2.45) is 5.92 Å². The number of hydrogen-bond donors (Lipinski definition) is 1. The second-order valence-corrected chi connectivity index (χ2v) is 8.65. The highest BCUT2D eigenvalue weighted by Crippen LogP contribution is 2.33. The number of ether oxygens (including phenoxy) is 3. The molecule has 0 radical (unpaired) electrons. The maximum Gasteiger partial charge on any atom is 0.227 e. The van der Waals surface area contributed by atoms with Crippen LogP contribution < -0.4 is 9.47 Å². The topological polar surface area (TPSA) is 69.0 Å². The van der Waals surface area contributed by atoms with Crippen LogP contribution in [0.2, 0.25) is 0 Å². The largest absolute Gasteiger partial charge is 0.497 e. The van der Waals surface area contributed by atoms with Gasteiger partial charge in [0.25, 0.3) is 0 Å². The van der Waals surface area contributed by atoms with E-state index in [9.17, 15) is 5.11 Å². The summed E-state index contributed by atoms with van der Waals surface area (Å²) in [5.74, 6) is 2.31. The standard InChI is InChI=1S/C27H37N3O4/c1-6-25-24(18-29(16-17-32-4)19-26(31)20(2)3)27(30(28-25)21-10-8-7-9-11-21)34-23-14-12-22(33-5)13-15-23/h7-15,20,26,31H,6,16-19H2,1-5H3. The van der Waals surface area contributed by atoms with Crippen molar-refractivity contribution < 1.29 is 19.3 Å². The first-order valence-corrected chi connectivity index (χ1v) is 11.8. The molecule has 0 amide bonds. The first-order valence-electron chi connectivity index (χ1n) is 11.8. The Kier molecular flexibility index (Phi) is 9.51. The van der Waals surface area contributed by atoms with Crippen molar-refractivity contribution in [3.63, 3.8) is 0 Å². The van der Waals surface area contributed by atoms with Gasteiger partial charge in [0.1, 0.15) is 11.5 Å². The minimum Gasteiger partial charge on any atom is -0.497 e. The highest BCUT2D eigenvalue weighted by Gasteiger charge is 2.24. The number of aromatic nitrogens is 2. The summed E-state index contributed by atoms with van der Waals surface area (Å²) in [4.78, 5) is 2.21. The Labute approximate surface area is 202 Å². The third-order valence-corrected chi connectivity index (χ3v) is 5.84. The van der Waals surface area contributed by atoms with E-state index in [0.717, 1.165) is 29.1 Å². The molecule has 7 nitrogen and oxygen atoms in total. The van der Waals surface area contributed by atoms with Crippen LogP contribution in [0.15, 0.2) is 54.6 Å². The monoisotopic (exact) mass is 467 g/mol. The summed E-state index contributed by atoms with van der Waals surface area (Å²) >= 11 is 0. The first kappa shape index (κ1) is 25.7. The van der Waals surface area contributed by atoms with Crippen molar-refractivity contribution in [1.82, 2.24) is 14.7 Å². The van der Waals surface area contributed by atoms with Gasteiger partial charge in [0.05, 0.1) is 36.8 Å². The zero-order valence-corrected chi connectivity index (χ0v) is 20.9. The molecule has 0 aliphatic heterocycles. The number of methoxy groups -OCH3 is 2. The lowest BCUT2D eigenvalue weighted by molar-refractivity contribution is 0.0588. The number of aliphatic hydroxyl groups excluding tert-OH is 1. The summed E-state index contributed by atoms with van der Waals surface area (Å²) in [5.41, 5.74) is 2.90. The molecule has 34 heavy (non-hydrogen) atoms. The molecule has 2 aromatic carbocycles. The van der Waals surface area contributed by atoms with Crippen LogP contribution in [0.4, 0.5) is 0 Å². The fourth-order valence-corrected chi connectivity index (χ4v) is 3.68. The molecule has 1 aromatic heterocycles. The normalized spacial score (nSPS) is 12.4. The van der Waals surface area contributed by atoms with E-state index in [0.29, 0.717) is 37.9 Å². The van der Waals surface area contributed by atoms with Crippen molar-refractivity contribution in [1.29, 1.82) is 0 Å². The van der Waals surface area contributed by atoms with Crippen molar-refractivity contribution in [3.05, 3.63) is 65.9 Å². The summed E-state index contributed by atoms with van der Waals surface area (Å²) in [7, 11) is 3.34. The van der Waals surface area contributed by atoms with Gasteiger partial charge in [-0.25, -0.2) is 4.68 Å². The molecule has 0 aliphatic rings. The van der Waals surface area contributed by atoms with E-state index in [4.69, 9.17) is 19.3 Å². The van der Waals surface area contributed by atoms with Gasteiger partial charge in [0.2, 0.25) is 5.88 Å². The van der Waals surface area contributed by atoms with Crippen LogP contribution in [0.3, 0.4) is 0 Å². The van der Waals surface area contributed by atoms with Crippen molar-refractivity contribution in [2.45, 2.75) is 39.8 Å². The number of aryl methyl sites for hydroxylation is 1. The van der Waals surface area contributed by atoms with Gasteiger partial charge < -0.3 is 19.3 Å². The summed E-state index contributed by atoms with van der Waals surface area (Å²) in [6.07, 6.45) is 0.330. The lowest BCUT2D eigenvalue weighted by Gasteiger charge is -2.27. The molecule has 0 saturated carbocycles. The highest BCUT2D eigenvalue weighted by atomic mass is 16.5. The van der Waals surface area contributed by atoms with Crippen LogP contribution in [0, 0.1) is 5.92 Å². The van der Waals surface area contributed by atoms with E-state index in [1.165, 1.54) is 0 Å². The highest BCUT2D eigenvalue weighted by molar-refractivity contribution is 5.44. The smallest absolute Gasteiger partial charge is 0.227 e. The van der Waals surface area contributed by atoms with Crippen LogP contribution in [0.1, 0.15) is 32.0 Å². The summed E-state index contributed by atoms with van der Waals surface area (Å²) in [6.45, 7) is 8.57. The number of aliphatic hydroxyl groups is 1. The third kappa shape index (κ3) is 6.59. The lowest BCUT2D eigenvalue weighted by Crippen LogP contribution is -2.37. The van der Waals surface area contributed by atoms with Crippen LogP contribution in [0.25, 0.3) is 5.69 Å². The van der Waals surface area contributed by atoms with Gasteiger partial charge in [0, 0.05) is 26.7 Å². The van der Waals surface area contributed by atoms with E-state index in [1.807, 2.05) is 73.1 Å². The minimum absolute atomic E-state index is 0.165. The fraction of sp³-hybridized carbons (Fsp3) is 0.444. The van der Waals surface area contributed by atoms with Gasteiger partial charge in [-0.2, -0.15) is 5.10 Å². The molecule has 0 aliphatic carbocycles. The van der Waals surface area contributed by atoms with Crippen LogP contribution >= 0.6 is 0 Å². The second kappa shape index (κ2) is 12.6. The van der Waals surface area contributed by atoms with Gasteiger partial charge in [-0.3, -0.25) is 4.90 Å². The molecule has 0 bridgehead atoms. The predicted molar refractivity (Wildman–Crippen MR) is 134 cm³/mol. The fourth-order valence-electron chi connectivity index (χ4n) is 3.68. The zero-order chi connectivity index (χ0) is 24.5. The SMILES string of the molecule is CCc1nn(-c2ccccc2)c(Oc2ccc(OC)cc2)c1CN(CCOC)CC(O)C(C)C. The summed E-state index contributed by atoms with van der Waals surface area (Å²) in [5, 5.41) is 15.5. The van der Waals surface area contributed by atoms with Crippen molar-refractivity contribution in [2.75, 3.05) is 33.9 Å². The van der Waals surface area contributed by atoms with Crippen LogP contribution in [-0.4, -0.2) is 59.8 Å². The minimum atomic E-state index is -0.433. The number of benzene rings is 2. The molecule has 0 spiro atoms. The summed E-state index contributed by atoms with van der Waals surface area (Å²) < 4.78 is 19.0. The molecule has 1 heterocycles. The molecule has 1 N–H and O–H groups in total. The van der Waals surface area contributed by atoms with Gasteiger partial charge in [-0.05, 0) is 48.7 Å². The molecule has 1 unspecified atom stereocenters. The van der Waals surface area contributed by atoms with Gasteiger partial charge in [-0.15, -0.1) is 0 Å². The molecule has 3 aromatic rings. The Bertz CT molecular complexity index is 1000. The summed E-state index contributed by atoms with van der Waals surface area (Å²) in [6, 6.07) is 17.5. The second-order valence-electron chi connectivity index (χ2n) is 8.65. The van der Waals surface area contributed by atoms with Crippen molar-refractivity contribution in [3.8, 4) is 23.1 Å². The lowest BCUT2D eigenvalue weighted by atomic mass is 10.1. The average molecular weight is 468 g/mol. The van der Waals surface area contributed by atoms with Crippen LogP contribution in [0.5, 0.6) is 17.4 Å². The molecule has 7 heteroatoms. The Hall–Kier alpha value is -2.87. The number of nitrogens with zero attached hydrogens (tertiary/aromatic N) is 3. The van der Waals surface area contributed by atoms with Crippen LogP contribution in [-0.2, 0) is 17.7 Å². The predicted octanol–water partition coefficient (Wildman–Crippen LogP) is 4.70. The first-order chi connectivity index (χ1) is 16.5. The average Bonchev–Trinajstić information content (AvgIpc) is 3.20. The Morgan fingerprint density at radius 3 is 2.26 bits per heavy atom. The quantitative estimate of drug-likeness (QED) is 0.393. The molecule has 0 fully saturated rings. The Morgan fingerprint density at radius 1 is 1.00 bits per heavy atom. The Morgan fingerprint density at radius 2 is 1.68 bits per heavy atom. The van der Waals surface area contributed by atoms with E-state index in [-0.39, 0.29) is 5.92 Å². The van der Waals surface area contributed by atoms with Crippen molar-refractivity contribution >= 4 is 0 Å². The third-order valence-electron chi connectivity index (χ3n) is 5.84. The molecule has 1 atom stereocenters. The number of para-hydroxylation sites is 1. The molecule has 0 saturated heterocycles. The number of hydrogen-bond acceptors (Lipinski definition) is 6. The van der Waals surface area contributed by atoms with E-state index >= 15 is 0 Å².